The Morgan fingerprint density at radius 2 is 1.80 bits per heavy atom. The fourth-order valence-corrected chi connectivity index (χ4v) is 2.37. The molecule has 0 amide bonds. The molecule has 0 atom stereocenters. The van der Waals surface area contributed by atoms with Crippen molar-refractivity contribution in [3.63, 3.8) is 0 Å². The van der Waals surface area contributed by atoms with Gasteiger partial charge in [0, 0.05) is 5.54 Å². The molecule has 0 aromatic rings. The molecule has 1 aliphatic rings. The van der Waals surface area contributed by atoms with Crippen LogP contribution in [0.15, 0.2) is 0 Å². The van der Waals surface area contributed by atoms with Gasteiger partial charge in [-0.05, 0) is 52.4 Å². The van der Waals surface area contributed by atoms with E-state index < -0.39 is 11.5 Å². The molecule has 15 heavy (non-hydrogen) atoms. The van der Waals surface area contributed by atoms with Gasteiger partial charge in [-0.2, -0.15) is 0 Å². The quantitative estimate of drug-likeness (QED) is 0.740. The van der Waals surface area contributed by atoms with Crippen molar-refractivity contribution in [2.45, 2.75) is 64.5 Å². The summed E-state index contributed by atoms with van der Waals surface area (Å²) in [7, 11) is 0. The molecule has 88 valence electrons. The number of hydrogen-bond acceptors (Lipinski definition) is 2. The fraction of sp³-hybridized carbons (Fsp3) is 0.917. The van der Waals surface area contributed by atoms with Crippen LogP contribution in [0.25, 0.3) is 0 Å². The molecule has 0 spiro atoms. The zero-order valence-corrected chi connectivity index (χ0v) is 10.3. The van der Waals surface area contributed by atoms with Crippen molar-refractivity contribution in [1.82, 2.24) is 5.32 Å². The van der Waals surface area contributed by atoms with Crippen molar-refractivity contribution in [2.24, 2.45) is 5.92 Å². The minimum absolute atomic E-state index is 0.140. The van der Waals surface area contributed by atoms with Gasteiger partial charge in [0.25, 0.3) is 0 Å². The van der Waals surface area contributed by atoms with Gasteiger partial charge in [-0.15, -0.1) is 0 Å². The summed E-state index contributed by atoms with van der Waals surface area (Å²) < 4.78 is 0. The molecule has 0 saturated heterocycles. The highest BCUT2D eigenvalue weighted by Gasteiger charge is 2.43. The molecule has 0 bridgehead atoms. The van der Waals surface area contributed by atoms with Gasteiger partial charge >= 0.3 is 5.97 Å². The molecule has 2 N–H and O–H groups in total. The maximum absolute atomic E-state index is 11.4. The fourth-order valence-electron chi connectivity index (χ4n) is 2.37. The summed E-state index contributed by atoms with van der Waals surface area (Å²) in [4.78, 5) is 11.4. The van der Waals surface area contributed by atoms with Crippen LogP contribution in [0.3, 0.4) is 0 Å². The Bertz CT molecular complexity index is 234. The number of carboxylic acid groups (broad SMARTS) is 1. The van der Waals surface area contributed by atoms with Crippen LogP contribution in [0.2, 0.25) is 0 Å². The molecule has 0 unspecified atom stereocenters. The molecule has 1 saturated carbocycles. The Balaban J connectivity index is 2.76. The predicted molar refractivity (Wildman–Crippen MR) is 60.9 cm³/mol. The van der Waals surface area contributed by atoms with E-state index in [4.69, 9.17) is 0 Å². The Hall–Kier alpha value is -0.570. The van der Waals surface area contributed by atoms with Crippen molar-refractivity contribution < 1.29 is 9.90 Å². The predicted octanol–water partition coefficient (Wildman–Crippen LogP) is 2.41. The van der Waals surface area contributed by atoms with E-state index in [1.165, 1.54) is 0 Å². The van der Waals surface area contributed by atoms with E-state index in [9.17, 15) is 9.90 Å². The molecular formula is C12H23NO2. The zero-order chi connectivity index (χ0) is 11.7. The molecule has 1 aliphatic carbocycles. The number of carbonyl (C=O) groups is 1. The molecule has 0 aromatic carbocycles. The number of rotatable bonds is 2. The molecule has 0 aliphatic heterocycles. The average Bonchev–Trinajstić information content (AvgIpc) is 2.06. The second kappa shape index (κ2) is 4.12. The normalized spacial score (nSPS) is 32.7. The second-order valence-corrected chi connectivity index (χ2v) is 5.94. The summed E-state index contributed by atoms with van der Waals surface area (Å²) in [6, 6.07) is 0. The minimum Gasteiger partial charge on any atom is -0.480 e. The first-order valence-corrected chi connectivity index (χ1v) is 5.78. The van der Waals surface area contributed by atoms with Crippen LogP contribution < -0.4 is 5.32 Å². The molecule has 0 aromatic heterocycles. The summed E-state index contributed by atoms with van der Waals surface area (Å²) in [6.45, 7) is 8.27. The van der Waals surface area contributed by atoms with Crippen LogP contribution >= 0.6 is 0 Å². The minimum atomic E-state index is -0.690. The van der Waals surface area contributed by atoms with Gasteiger partial charge in [0.2, 0.25) is 0 Å². The second-order valence-electron chi connectivity index (χ2n) is 5.94. The lowest BCUT2D eigenvalue weighted by molar-refractivity contribution is -0.147. The SMILES string of the molecule is CC1CCC(NC(C)(C)C)(C(=O)O)CC1. The van der Waals surface area contributed by atoms with E-state index in [2.05, 4.69) is 12.2 Å². The number of aliphatic carboxylic acids is 1. The maximum Gasteiger partial charge on any atom is 0.323 e. The van der Waals surface area contributed by atoms with E-state index >= 15 is 0 Å². The monoisotopic (exact) mass is 213 g/mol. The van der Waals surface area contributed by atoms with Gasteiger partial charge in [0.15, 0.2) is 0 Å². The first kappa shape index (κ1) is 12.5. The highest BCUT2D eigenvalue weighted by molar-refractivity contribution is 5.79. The van der Waals surface area contributed by atoms with E-state index in [1.807, 2.05) is 20.8 Å². The molecule has 0 heterocycles. The van der Waals surface area contributed by atoms with Gasteiger partial charge in [-0.3, -0.25) is 10.1 Å². The van der Waals surface area contributed by atoms with E-state index in [1.54, 1.807) is 0 Å². The van der Waals surface area contributed by atoms with Crippen molar-refractivity contribution in [1.29, 1.82) is 0 Å². The molecule has 0 radical (unpaired) electrons. The highest BCUT2D eigenvalue weighted by Crippen LogP contribution is 2.33. The van der Waals surface area contributed by atoms with Crippen LogP contribution in [0, 0.1) is 5.92 Å². The first-order valence-electron chi connectivity index (χ1n) is 5.78. The van der Waals surface area contributed by atoms with Crippen molar-refractivity contribution in [2.75, 3.05) is 0 Å². The lowest BCUT2D eigenvalue weighted by atomic mass is 9.76. The molecule has 3 heteroatoms. The summed E-state index contributed by atoms with van der Waals surface area (Å²) in [6.07, 6.45) is 3.52. The molecule has 3 nitrogen and oxygen atoms in total. The third-order valence-corrected chi connectivity index (χ3v) is 3.15. The third-order valence-electron chi connectivity index (χ3n) is 3.15. The van der Waals surface area contributed by atoms with Crippen LogP contribution in [-0.2, 0) is 4.79 Å². The average molecular weight is 213 g/mol. The number of carboxylic acids is 1. The van der Waals surface area contributed by atoms with Crippen LogP contribution in [0.1, 0.15) is 53.4 Å². The van der Waals surface area contributed by atoms with E-state index in [0.717, 1.165) is 25.7 Å². The molecular weight excluding hydrogens is 190 g/mol. The third kappa shape index (κ3) is 3.20. The van der Waals surface area contributed by atoms with E-state index in [0.29, 0.717) is 5.92 Å². The Morgan fingerprint density at radius 1 is 1.33 bits per heavy atom. The Labute approximate surface area is 92.3 Å². The highest BCUT2D eigenvalue weighted by atomic mass is 16.4. The maximum atomic E-state index is 11.4. The first-order chi connectivity index (χ1) is 6.75. The molecule has 1 fully saturated rings. The summed E-state index contributed by atoms with van der Waals surface area (Å²) in [5.74, 6) is -0.0245. The lowest BCUT2D eigenvalue weighted by Gasteiger charge is -2.41. The van der Waals surface area contributed by atoms with Gasteiger partial charge in [0.1, 0.15) is 5.54 Å². The van der Waals surface area contributed by atoms with Crippen molar-refractivity contribution in [3.8, 4) is 0 Å². The topological polar surface area (TPSA) is 49.3 Å². The summed E-state index contributed by atoms with van der Waals surface area (Å²) in [5, 5.41) is 12.7. The Kier molecular flexibility index (Phi) is 3.44. The van der Waals surface area contributed by atoms with Crippen molar-refractivity contribution >= 4 is 5.97 Å². The smallest absolute Gasteiger partial charge is 0.323 e. The van der Waals surface area contributed by atoms with Crippen LogP contribution in [0.4, 0.5) is 0 Å². The standard InChI is InChI=1S/C12H23NO2/c1-9-5-7-12(8-6-9,10(14)15)13-11(2,3)4/h9,13H,5-8H2,1-4H3,(H,14,15). The van der Waals surface area contributed by atoms with Crippen LogP contribution in [-0.4, -0.2) is 22.2 Å². The van der Waals surface area contributed by atoms with Crippen molar-refractivity contribution in [3.05, 3.63) is 0 Å². The summed E-state index contributed by atoms with van der Waals surface area (Å²) in [5.41, 5.74) is -0.830. The van der Waals surface area contributed by atoms with E-state index in [-0.39, 0.29) is 5.54 Å². The largest absolute Gasteiger partial charge is 0.480 e. The van der Waals surface area contributed by atoms with Gasteiger partial charge in [-0.25, -0.2) is 0 Å². The number of hydrogen-bond donors (Lipinski definition) is 2. The van der Waals surface area contributed by atoms with Gasteiger partial charge in [-0.1, -0.05) is 6.92 Å². The summed E-state index contributed by atoms with van der Waals surface area (Å²) >= 11 is 0. The lowest BCUT2D eigenvalue weighted by Crippen LogP contribution is -2.60. The number of nitrogens with one attached hydrogen (secondary N) is 1. The molecule has 1 rings (SSSR count). The van der Waals surface area contributed by atoms with Gasteiger partial charge in [0.05, 0.1) is 0 Å². The zero-order valence-electron chi connectivity index (χ0n) is 10.3. The van der Waals surface area contributed by atoms with Crippen LogP contribution in [0.5, 0.6) is 0 Å². The Morgan fingerprint density at radius 3 is 2.13 bits per heavy atom. The van der Waals surface area contributed by atoms with Gasteiger partial charge < -0.3 is 5.11 Å².